The molecule has 15 heavy (non-hydrogen) atoms. The number of aliphatic hydroxyl groups excluding tert-OH is 1. The van der Waals surface area contributed by atoms with Crippen molar-refractivity contribution >= 4 is 40.7 Å². The number of alkyl halides is 3. The molecule has 0 aliphatic carbocycles. The molecule has 0 saturated carbocycles. The summed E-state index contributed by atoms with van der Waals surface area (Å²) >= 11 is 16.2. The number of rotatable bonds is 4. The van der Waals surface area contributed by atoms with E-state index in [9.17, 15) is 5.11 Å². The second-order valence-electron chi connectivity index (χ2n) is 3.30. The van der Waals surface area contributed by atoms with E-state index in [0.29, 0.717) is 0 Å². The van der Waals surface area contributed by atoms with Crippen molar-refractivity contribution in [3.8, 4) is 0 Å². The van der Waals surface area contributed by atoms with Crippen molar-refractivity contribution in [1.29, 1.82) is 5.41 Å². The second kappa shape index (κ2) is 6.59. The molecule has 1 atom stereocenters. The third-order valence-corrected chi connectivity index (χ3v) is 2.11. The lowest BCUT2D eigenvalue weighted by molar-refractivity contribution is 0.171. The van der Waals surface area contributed by atoms with E-state index in [4.69, 9.17) is 44.9 Å². The maximum absolute atomic E-state index is 9.38. The Morgan fingerprint density at radius 3 is 2.40 bits per heavy atom. The average Bonchev–Trinajstić information content (AvgIpc) is 2.09. The zero-order valence-corrected chi connectivity index (χ0v) is 10.8. The van der Waals surface area contributed by atoms with Crippen molar-refractivity contribution in [2.24, 2.45) is 5.92 Å². The first kappa shape index (κ1) is 15.0. The molecule has 0 aromatic heterocycles. The van der Waals surface area contributed by atoms with Gasteiger partial charge in [0.2, 0.25) is 5.90 Å². The first-order valence-corrected chi connectivity index (χ1v) is 5.51. The Hall–Kier alpha value is 0.0400. The smallest absolute Gasteiger partial charge is 0.265 e. The average molecular weight is 275 g/mol. The van der Waals surface area contributed by atoms with E-state index in [2.05, 4.69) is 0 Å². The lowest BCUT2D eigenvalue weighted by Gasteiger charge is -2.12. The van der Waals surface area contributed by atoms with Gasteiger partial charge in [-0.3, -0.25) is 5.41 Å². The van der Waals surface area contributed by atoms with Gasteiger partial charge < -0.3 is 9.84 Å². The Morgan fingerprint density at radius 2 is 2.00 bits per heavy atom. The molecule has 0 amide bonds. The Morgan fingerprint density at radius 1 is 1.47 bits per heavy atom. The van der Waals surface area contributed by atoms with Crippen LogP contribution in [0.3, 0.4) is 0 Å². The highest BCUT2D eigenvalue weighted by molar-refractivity contribution is 6.76. The fourth-order valence-electron chi connectivity index (χ4n) is 0.630. The van der Waals surface area contributed by atoms with E-state index >= 15 is 0 Å². The minimum absolute atomic E-state index is 0.0938. The molecule has 2 N–H and O–H groups in total. The number of nitrogens with one attached hydrogen (secondary N) is 1. The van der Waals surface area contributed by atoms with Crippen molar-refractivity contribution in [1.82, 2.24) is 0 Å². The normalized spacial score (nSPS) is 14.6. The first-order valence-electron chi connectivity index (χ1n) is 4.38. The van der Waals surface area contributed by atoms with Gasteiger partial charge in [-0.1, -0.05) is 54.7 Å². The summed E-state index contributed by atoms with van der Waals surface area (Å²) in [5.41, 5.74) is 0. The molecule has 0 aromatic carbocycles. The molecule has 0 radical (unpaired) electrons. The Balaban J connectivity index is 3.85. The fraction of sp³-hybridized carbons (Fsp3) is 0.667. The number of hydrogen-bond donors (Lipinski definition) is 2. The maximum Gasteiger partial charge on any atom is 0.265 e. The fourth-order valence-corrected chi connectivity index (χ4v) is 0.794. The minimum atomic E-state index is -1.83. The van der Waals surface area contributed by atoms with Crippen LogP contribution in [0.25, 0.3) is 0 Å². The molecule has 0 bridgehead atoms. The van der Waals surface area contributed by atoms with Crippen molar-refractivity contribution in [2.75, 3.05) is 6.61 Å². The van der Waals surface area contributed by atoms with Crippen LogP contribution in [0.5, 0.6) is 0 Å². The van der Waals surface area contributed by atoms with Crippen LogP contribution in [0, 0.1) is 11.3 Å². The number of ether oxygens (including phenoxy) is 1. The summed E-state index contributed by atoms with van der Waals surface area (Å²) in [6.45, 7) is 3.87. The lowest BCUT2D eigenvalue weighted by Crippen LogP contribution is -2.21. The van der Waals surface area contributed by atoms with E-state index in [-0.39, 0.29) is 12.5 Å². The highest BCUT2D eigenvalue weighted by atomic mass is 35.6. The summed E-state index contributed by atoms with van der Waals surface area (Å²) < 4.78 is 3.00. The Labute approximate surface area is 104 Å². The van der Waals surface area contributed by atoms with Gasteiger partial charge in [-0.05, 0) is 12.0 Å². The number of halogens is 3. The maximum atomic E-state index is 9.38. The van der Waals surface area contributed by atoms with Gasteiger partial charge in [0.05, 0.1) is 6.10 Å². The van der Waals surface area contributed by atoms with Crippen molar-refractivity contribution in [3.05, 3.63) is 12.2 Å². The summed E-state index contributed by atoms with van der Waals surface area (Å²) in [4.78, 5) is 0. The molecular weight excluding hydrogens is 260 g/mol. The molecule has 1 unspecified atom stereocenters. The SMILES string of the molecule is CC(C)C(O)/C=C\COC(=N)C(Cl)(Cl)Cl. The summed E-state index contributed by atoms with van der Waals surface area (Å²) in [5.74, 6) is -0.301. The minimum Gasteiger partial charge on any atom is -0.474 e. The summed E-state index contributed by atoms with van der Waals surface area (Å²) in [7, 11) is 0. The number of hydrogen-bond acceptors (Lipinski definition) is 3. The number of aliphatic hydroxyl groups is 1. The van der Waals surface area contributed by atoms with Crippen LogP contribution >= 0.6 is 34.8 Å². The molecule has 0 saturated heterocycles. The monoisotopic (exact) mass is 273 g/mol. The predicted octanol–water partition coefficient (Wildman–Crippen LogP) is 2.92. The molecule has 0 heterocycles. The van der Waals surface area contributed by atoms with Crippen LogP contribution in [0.15, 0.2) is 12.2 Å². The van der Waals surface area contributed by atoms with Crippen LogP contribution in [-0.4, -0.2) is 27.5 Å². The van der Waals surface area contributed by atoms with Gasteiger partial charge in [-0.15, -0.1) is 0 Å². The summed E-state index contributed by atoms with van der Waals surface area (Å²) in [6.07, 6.45) is 2.63. The Kier molecular flexibility index (Phi) is 6.60. The van der Waals surface area contributed by atoms with E-state index in [1.165, 1.54) is 0 Å². The van der Waals surface area contributed by atoms with Gasteiger partial charge in [0.1, 0.15) is 6.61 Å². The molecule has 0 aliphatic rings. The molecule has 88 valence electrons. The van der Waals surface area contributed by atoms with Crippen molar-refractivity contribution < 1.29 is 9.84 Å². The van der Waals surface area contributed by atoms with Crippen LogP contribution in [0.1, 0.15) is 13.8 Å². The molecule has 0 fully saturated rings. The van der Waals surface area contributed by atoms with Crippen molar-refractivity contribution in [3.63, 3.8) is 0 Å². The molecule has 0 aromatic rings. The molecular formula is C9H14Cl3NO2. The zero-order chi connectivity index (χ0) is 12.1. The largest absolute Gasteiger partial charge is 0.474 e. The molecule has 3 nitrogen and oxygen atoms in total. The first-order chi connectivity index (χ1) is 6.75. The molecule has 6 heteroatoms. The van der Waals surface area contributed by atoms with Gasteiger partial charge in [0, 0.05) is 0 Å². The van der Waals surface area contributed by atoms with E-state index in [1.807, 2.05) is 13.8 Å². The van der Waals surface area contributed by atoms with Gasteiger partial charge in [-0.25, -0.2) is 0 Å². The standard InChI is InChI=1S/C9H14Cl3NO2/c1-6(2)7(14)4-3-5-15-8(13)9(10,11)12/h3-4,6-7,13-14H,5H2,1-2H3/b4-3-,13-8?. The summed E-state index contributed by atoms with van der Waals surface area (Å²) in [5, 5.41) is 16.6. The van der Waals surface area contributed by atoms with Crippen LogP contribution in [0.2, 0.25) is 0 Å². The van der Waals surface area contributed by atoms with Gasteiger partial charge in [-0.2, -0.15) is 0 Å². The van der Waals surface area contributed by atoms with E-state index in [0.717, 1.165) is 0 Å². The topological polar surface area (TPSA) is 53.3 Å². The van der Waals surface area contributed by atoms with E-state index in [1.54, 1.807) is 12.2 Å². The van der Waals surface area contributed by atoms with Crippen LogP contribution in [-0.2, 0) is 4.74 Å². The van der Waals surface area contributed by atoms with Gasteiger partial charge >= 0.3 is 0 Å². The molecule has 0 spiro atoms. The van der Waals surface area contributed by atoms with Crippen LogP contribution < -0.4 is 0 Å². The van der Waals surface area contributed by atoms with Gasteiger partial charge in [0.15, 0.2) is 0 Å². The van der Waals surface area contributed by atoms with Crippen molar-refractivity contribution in [2.45, 2.75) is 23.7 Å². The highest BCUT2D eigenvalue weighted by Crippen LogP contribution is 2.27. The molecule has 0 rings (SSSR count). The third-order valence-electron chi connectivity index (χ3n) is 1.60. The third kappa shape index (κ3) is 7.01. The Bertz CT molecular complexity index is 236. The quantitative estimate of drug-likeness (QED) is 0.358. The lowest BCUT2D eigenvalue weighted by atomic mass is 10.1. The summed E-state index contributed by atoms with van der Waals surface area (Å²) in [6, 6.07) is 0. The highest BCUT2D eigenvalue weighted by Gasteiger charge is 2.28. The second-order valence-corrected chi connectivity index (χ2v) is 5.58. The molecule has 0 aliphatic heterocycles. The van der Waals surface area contributed by atoms with Gasteiger partial charge in [0.25, 0.3) is 3.79 Å². The van der Waals surface area contributed by atoms with Crippen LogP contribution in [0.4, 0.5) is 0 Å². The van der Waals surface area contributed by atoms with E-state index < -0.39 is 15.8 Å². The predicted molar refractivity (Wildman–Crippen MR) is 64.0 cm³/mol. The zero-order valence-electron chi connectivity index (χ0n) is 8.51.